The Hall–Kier alpha value is -0.610. The average molecular weight is 318 g/mol. The number of benzene rings is 1. The first-order valence-corrected chi connectivity index (χ1v) is 7.63. The molecule has 19 heavy (non-hydrogen) atoms. The van der Waals surface area contributed by atoms with Gasteiger partial charge in [-0.15, -0.1) is 11.3 Å². The summed E-state index contributed by atoms with van der Waals surface area (Å²) in [5, 5.41) is 3.55. The number of halogens is 3. The highest BCUT2D eigenvalue weighted by Crippen LogP contribution is 2.35. The van der Waals surface area contributed by atoms with E-state index in [2.05, 4.69) is 12.2 Å². The summed E-state index contributed by atoms with van der Waals surface area (Å²) >= 11 is 13.5. The molecule has 1 atom stereocenters. The summed E-state index contributed by atoms with van der Waals surface area (Å²) in [5.41, 5.74) is 0.744. The quantitative estimate of drug-likeness (QED) is 0.790. The standard InChI is InChI=1S/C14H14Cl2FNS/c1-2-8-18-14(11-6-7-12(15)19-11)9-4-3-5-10(17)13(9)16/h3-7,14,18H,2,8H2,1H3. The van der Waals surface area contributed by atoms with Crippen LogP contribution in [-0.4, -0.2) is 6.54 Å². The molecule has 0 saturated heterocycles. The SMILES string of the molecule is CCCNC(c1ccc(Cl)s1)c1cccc(F)c1Cl. The normalized spacial score (nSPS) is 12.6. The maximum Gasteiger partial charge on any atom is 0.142 e. The Bertz CT molecular complexity index is 556. The lowest BCUT2D eigenvalue weighted by atomic mass is 10.0. The van der Waals surface area contributed by atoms with Crippen LogP contribution in [0.1, 0.15) is 29.8 Å². The summed E-state index contributed by atoms with van der Waals surface area (Å²) in [5.74, 6) is -0.398. The van der Waals surface area contributed by atoms with Gasteiger partial charge in [0.05, 0.1) is 15.4 Å². The summed E-state index contributed by atoms with van der Waals surface area (Å²) < 4.78 is 14.3. The first-order valence-electron chi connectivity index (χ1n) is 6.06. The van der Waals surface area contributed by atoms with Crippen molar-refractivity contribution in [2.45, 2.75) is 19.4 Å². The Labute approximate surface area is 126 Å². The van der Waals surface area contributed by atoms with Crippen LogP contribution >= 0.6 is 34.5 Å². The number of hydrogen-bond acceptors (Lipinski definition) is 2. The van der Waals surface area contributed by atoms with Gasteiger partial charge < -0.3 is 5.32 Å². The van der Waals surface area contributed by atoms with Gasteiger partial charge in [-0.2, -0.15) is 0 Å². The number of rotatable bonds is 5. The van der Waals surface area contributed by atoms with Crippen molar-refractivity contribution >= 4 is 34.5 Å². The smallest absolute Gasteiger partial charge is 0.142 e. The van der Waals surface area contributed by atoms with Crippen molar-refractivity contribution < 1.29 is 4.39 Å². The van der Waals surface area contributed by atoms with Crippen molar-refractivity contribution in [3.8, 4) is 0 Å². The molecule has 1 unspecified atom stereocenters. The van der Waals surface area contributed by atoms with E-state index in [-0.39, 0.29) is 11.1 Å². The fourth-order valence-corrected chi connectivity index (χ4v) is 3.27. The summed E-state index contributed by atoms with van der Waals surface area (Å²) in [4.78, 5) is 1.03. The zero-order valence-electron chi connectivity index (χ0n) is 10.4. The molecule has 0 aliphatic rings. The lowest BCUT2D eigenvalue weighted by Crippen LogP contribution is -2.22. The second-order valence-electron chi connectivity index (χ2n) is 4.17. The van der Waals surface area contributed by atoms with E-state index in [0.29, 0.717) is 4.34 Å². The van der Waals surface area contributed by atoms with Crippen LogP contribution in [0.25, 0.3) is 0 Å². The number of hydrogen-bond donors (Lipinski definition) is 1. The fraction of sp³-hybridized carbons (Fsp3) is 0.286. The molecule has 5 heteroatoms. The first kappa shape index (κ1) is 14.8. The molecule has 0 aliphatic carbocycles. The minimum atomic E-state index is -0.398. The van der Waals surface area contributed by atoms with Gasteiger partial charge in [0.2, 0.25) is 0 Å². The molecule has 0 amide bonds. The third-order valence-corrected chi connectivity index (χ3v) is 4.46. The van der Waals surface area contributed by atoms with Crippen molar-refractivity contribution in [3.63, 3.8) is 0 Å². The maximum absolute atomic E-state index is 13.6. The van der Waals surface area contributed by atoms with Gasteiger partial charge in [0, 0.05) is 4.88 Å². The van der Waals surface area contributed by atoms with Crippen LogP contribution in [0.15, 0.2) is 30.3 Å². The molecule has 1 aromatic carbocycles. The van der Waals surface area contributed by atoms with Gasteiger partial charge in [0.15, 0.2) is 0 Å². The van der Waals surface area contributed by atoms with E-state index in [4.69, 9.17) is 23.2 Å². The summed E-state index contributed by atoms with van der Waals surface area (Å²) in [6.07, 6.45) is 0.989. The van der Waals surface area contributed by atoms with E-state index in [1.54, 1.807) is 6.07 Å². The molecular weight excluding hydrogens is 304 g/mol. The molecule has 0 saturated carbocycles. The lowest BCUT2D eigenvalue weighted by Gasteiger charge is -2.19. The van der Waals surface area contributed by atoms with Crippen molar-refractivity contribution in [2.75, 3.05) is 6.54 Å². The van der Waals surface area contributed by atoms with Crippen LogP contribution in [0.3, 0.4) is 0 Å². The van der Waals surface area contributed by atoms with Crippen LogP contribution in [0.5, 0.6) is 0 Å². The zero-order chi connectivity index (χ0) is 13.8. The molecule has 102 valence electrons. The van der Waals surface area contributed by atoms with E-state index in [1.807, 2.05) is 18.2 Å². The Kier molecular flexibility index (Phi) is 5.22. The Balaban J connectivity index is 2.39. The second kappa shape index (κ2) is 6.71. The van der Waals surface area contributed by atoms with Crippen LogP contribution in [-0.2, 0) is 0 Å². The predicted molar refractivity (Wildman–Crippen MR) is 80.9 cm³/mol. The first-order chi connectivity index (χ1) is 9.13. The molecule has 1 nitrogen and oxygen atoms in total. The highest BCUT2D eigenvalue weighted by Gasteiger charge is 2.19. The second-order valence-corrected chi connectivity index (χ2v) is 6.30. The predicted octanol–water partition coefficient (Wildman–Crippen LogP) is 5.28. The number of thiophene rings is 1. The third-order valence-electron chi connectivity index (χ3n) is 2.77. The van der Waals surface area contributed by atoms with Crippen molar-refractivity contribution in [1.82, 2.24) is 5.32 Å². The van der Waals surface area contributed by atoms with Gasteiger partial charge in [-0.25, -0.2) is 4.39 Å². The van der Waals surface area contributed by atoms with Crippen LogP contribution < -0.4 is 5.32 Å². The van der Waals surface area contributed by atoms with Gasteiger partial charge in [-0.1, -0.05) is 42.3 Å². The molecule has 0 spiro atoms. The summed E-state index contributed by atoms with van der Waals surface area (Å²) in [7, 11) is 0. The molecule has 0 aliphatic heterocycles. The minimum absolute atomic E-state index is 0.124. The summed E-state index contributed by atoms with van der Waals surface area (Å²) in [6, 6.07) is 8.54. The van der Waals surface area contributed by atoms with Crippen LogP contribution in [0, 0.1) is 5.82 Å². The zero-order valence-corrected chi connectivity index (χ0v) is 12.7. The maximum atomic E-state index is 13.6. The lowest BCUT2D eigenvalue weighted by molar-refractivity contribution is 0.591. The minimum Gasteiger partial charge on any atom is -0.306 e. The van der Waals surface area contributed by atoms with Gasteiger partial charge in [-0.05, 0) is 36.7 Å². The van der Waals surface area contributed by atoms with E-state index < -0.39 is 5.82 Å². The van der Waals surface area contributed by atoms with Crippen molar-refractivity contribution in [1.29, 1.82) is 0 Å². The highest BCUT2D eigenvalue weighted by atomic mass is 35.5. The molecule has 0 radical (unpaired) electrons. The monoisotopic (exact) mass is 317 g/mol. The van der Waals surface area contributed by atoms with Crippen LogP contribution in [0.4, 0.5) is 4.39 Å². The highest BCUT2D eigenvalue weighted by molar-refractivity contribution is 7.16. The van der Waals surface area contributed by atoms with Gasteiger partial charge in [0.25, 0.3) is 0 Å². The Morgan fingerprint density at radius 1 is 1.26 bits per heavy atom. The van der Waals surface area contributed by atoms with Crippen LogP contribution in [0.2, 0.25) is 9.36 Å². The van der Waals surface area contributed by atoms with Crippen molar-refractivity contribution in [3.05, 3.63) is 55.9 Å². The van der Waals surface area contributed by atoms with E-state index in [1.165, 1.54) is 17.4 Å². The third kappa shape index (κ3) is 3.48. The molecule has 1 N–H and O–H groups in total. The molecular formula is C14H14Cl2FNS. The topological polar surface area (TPSA) is 12.0 Å². The number of nitrogens with one attached hydrogen (secondary N) is 1. The largest absolute Gasteiger partial charge is 0.306 e. The average Bonchev–Trinajstić information content (AvgIpc) is 2.81. The van der Waals surface area contributed by atoms with Gasteiger partial charge in [0.1, 0.15) is 5.82 Å². The Morgan fingerprint density at radius 3 is 2.68 bits per heavy atom. The van der Waals surface area contributed by atoms with E-state index in [9.17, 15) is 4.39 Å². The van der Waals surface area contributed by atoms with Gasteiger partial charge >= 0.3 is 0 Å². The fourth-order valence-electron chi connectivity index (χ4n) is 1.88. The van der Waals surface area contributed by atoms with Crippen molar-refractivity contribution in [2.24, 2.45) is 0 Å². The molecule has 2 rings (SSSR count). The van der Waals surface area contributed by atoms with E-state index in [0.717, 1.165) is 23.4 Å². The molecule has 2 aromatic rings. The summed E-state index contributed by atoms with van der Waals surface area (Å²) in [6.45, 7) is 2.91. The molecule has 1 aromatic heterocycles. The van der Waals surface area contributed by atoms with Gasteiger partial charge in [-0.3, -0.25) is 0 Å². The van der Waals surface area contributed by atoms with E-state index >= 15 is 0 Å². The molecule has 0 fully saturated rings. The molecule has 1 heterocycles. The molecule has 0 bridgehead atoms. The Morgan fingerprint density at radius 2 is 2.05 bits per heavy atom.